The average Bonchev–Trinajstić information content (AvgIpc) is 3.08. The first-order valence-electron chi connectivity index (χ1n) is 9.50. The molecule has 0 saturated carbocycles. The number of ether oxygens (including phenoxy) is 1. The normalized spacial score (nSPS) is 12.0. The lowest BCUT2D eigenvalue weighted by Gasteiger charge is -2.14. The van der Waals surface area contributed by atoms with Crippen molar-refractivity contribution >= 4 is 5.78 Å². The van der Waals surface area contributed by atoms with Gasteiger partial charge >= 0.3 is 0 Å². The van der Waals surface area contributed by atoms with E-state index in [0.717, 1.165) is 28.3 Å². The van der Waals surface area contributed by atoms with Gasteiger partial charge in [0.25, 0.3) is 0 Å². The van der Waals surface area contributed by atoms with E-state index in [2.05, 4.69) is 10.3 Å². The molecule has 0 aliphatic carbocycles. The molecule has 0 amide bonds. The van der Waals surface area contributed by atoms with Gasteiger partial charge in [0.15, 0.2) is 0 Å². The molecular formula is C23H26N2O3. The van der Waals surface area contributed by atoms with Crippen molar-refractivity contribution in [1.82, 2.24) is 10.3 Å². The molecule has 3 rings (SSSR count). The van der Waals surface area contributed by atoms with Gasteiger partial charge in [-0.3, -0.25) is 4.79 Å². The van der Waals surface area contributed by atoms with Gasteiger partial charge in [0.1, 0.15) is 17.3 Å². The third kappa shape index (κ3) is 5.30. The lowest BCUT2D eigenvalue weighted by atomic mass is 10.1. The highest BCUT2D eigenvalue weighted by Gasteiger charge is 2.12. The number of carbonyl (C=O) groups excluding carboxylic acids is 1. The lowest BCUT2D eigenvalue weighted by Crippen LogP contribution is -2.24. The number of Topliss-reactive ketones (excluding diaryl/α,β-unsaturated/α-hetero) is 1. The van der Waals surface area contributed by atoms with E-state index in [-0.39, 0.29) is 11.8 Å². The van der Waals surface area contributed by atoms with E-state index in [1.165, 1.54) is 0 Å². The summed E-state index contributed by atoms with van der Waals surface area (Å²) >= 11 is 0. The zero-order valence-corrected chi connectivity index (χ0v) is 16.6. The molecule has 0 radical (unpaired) electrons. The van der Waals surface area contributed by atoms with Crippen LogP contribution in [0.3, 0.4) is 0 Å². The third-order valence-electron chi connectivity index (χ3n) is 4.54. The Morgan fingerprint density at radius 2 is 1.96 bits per heavy atom. The SMILES string of the molecule is CC(=O)CNC(C)c1cccc(OCCc2nc(-c3ccccc3)oc2C)c1. The monoisotopic (exact) mass is 378 g/mol. The molecule has 0 fully saturated rings. The van der Waals surface area contributed by atoms with Crippen molar-refractivity contribution < 1.29 is 13.9 Å². The maximum atomic E-state index is 11.1. The van der Waals surface area contributed by atoms with E-state index in [9.17, 15) is 4.79 Å². The number of nitrogens with zero attached hydrogens (tertiary/aromatic N) is 1. The first-order valence-corrected chi connectivity index (χ1v) is 9.50. The predicted octanol–water partition coefficient (Wildman–Crippen LogP) is 4.51. The summed E-state index contributed by atoms with van der Waals surface area (Å²) in [6.45, 7) is 6.42. The minimum Gasteiger partial charge on any atom is -0.493 e. The highest BCUT2D eigenvalue weighted by atomic mass is 16.5. The van der Waals surface area contributed by atoms with E-state index in [1.54, 1.807) is 6.92 Å². The van der Waals surface area contributed by atoms with Gasteiger partial charge < -0.3 is 14.5 Å². The average molecular weight is 378 g/mol. The number of nitrogens with one attached hydrogen (secondary N) is 1. The molecule has 1 heterocycles. The summed E-state index contributed by atoms with van der Waals surface area (Å²) in [6, 6.07) is 17.9. The van der Waals surface area contributed by atoms with Crippen molar-refractivity contribution in [3.05, 3.63) is 71.6 Å². The van der Waals surface area contributed by atoms with Crippen LogP contribution in [0.2, 0.25) is 0 Å². The molecule has 1 N–H and O–H groups in total. The topological polar surface area (TPSA) is 64.4 Å². The number of aromatic nitrogens is 1. The predicted molar refractivity (Wildman–Crippen MR) is 109 cm³/mol. The Kier molecular flexibility index (Phi) is 6.61. The number of hydrogen-bond acceptors (Lipinski definition) is 5. The van der Waals surface area contributed by atoms with Gasteiger partial charge in [-0.25, -0.2) is 4.98 Å². The van der Waals surface area contributed by atoms with Gasteiger partial charge in [-0.15, -0.1) is 0 Å². The Hall–Kier alpha value is -2.92. The number of aryl methyl sites for hydroxylation is 1. The zero-order valence-electron chi connectivity index (χ0n) is 16.6. The van der Waals surface area contributed by atoms with Crippen molar-refractivity contribution in [2.24, 2.45) is 0 Å². The van der Waals surface area contributed by atoms with Gasteiger partial charge in [-0.2, -0.15) is 0 Å². The fourth-order valence-electron chi connectivity index (χ4n) is 2.92. The van der Waals surface area contributed by atoms with Crippen LogP contribution >= 0.6 is 0 Å². The Bertz CT molecular complexity index is 919. The molecule has 2 aromatic carbocycles. The minimum absolute atomic E-state index is 0.0821. The number of carbonyl (C=O) groups is 1. The van der Waals surface area contributed by atoms with Crippen LogP contribution in [0.5, 0.6) is 5.75 Å². The van der Waals surface area contributed by atoms with Crippen LogP contribution < -0.4 is 10.1 Å². The van der Waals surface area contributed by atoms with E-state index in [4.69, 9.17) is 9.15 Å². The highest BCUT2D eigenvalue weighted by molar-refractivity contribution is 5.77. The molecular weight excluding hydrogens is 352 g/mol. The smallest absolute Gasteiger partial charge is 0.226 e. The van der Waals surface area contributed by atoms with Crippen LogP contribution in [-0.2, 0) is 11.2 Å². The number of rotatable bonds is 9. The van der Waals surface area contributed by atoms with Gasteiger partial charge in [-0.05, 0) is 50.6 Å². The quantitative estimate of drug-likeness (QED) is 0.593. The molecule has 1 atom stereocenters. The first-order chi connectivity index (χ1) is 13.5. The van der Waals surface area contributed by atoms with Crippen molar-refractivity contribution in [3.63, 3.8) is 0 Å². The molecule has 1 unspecified atom stereocenters. The number of ketones is 1. The molecule has 0 spiro atoms. The molecule has 0 saturated heterocycles. The Labute approximate surface area is 165 Å². The Balaban J connectivity index is 1.57. The number of benzene rings is 2. The molecule has 1 aromatic heterocycles. The second-order valence-corrected chi connectivity index (χ2v) is 6.86. The zero-order chi connectivity index (χ0) is 19.9. The van der Waals surface area contributed by atoms with Crippen LogP contribution in [0.25, 0.3) is 11.5 Å². The van der Waals surface area contributed by atoms with Crippen molar-refractivity contribution in [3.8, 4) is 17.2 Å². The van der Waals surface area contributed by atoms with Crippen LogP contribution in [0.1, 0.15) is 36.9 Å². The van der Waals surface area contributed by atoms with Crippen molar-refractivity contribution in [1.29, 1.82) is 0 Å². The van der Waals surface area contributed by atoms with Gasteiger partial charge in [0.2, 0.25) is 5.89 Å². The van der Waals surface area contributed by atoms with Crippen LogP contribution in [-0.4, -0.2) is 23.9 Å². The summed E-state index contributed by atoms with van der Waals surface area (Å²) in [5.41, 5.74) is 2.96. The van der Waals surface area contributed by atoms with Crippen molar-refractivity contribution in [2.75, 3.05) is 13.2 Å². The summed E-state index contributed by atoms with van der Waals surface area (Å²) in [4.78, 5) is 15.8. The molecule has 0 bridgehead atoms. The fourth-order valence-corrected chi connectivity index (χ4v) is 2.92. The molecule has 0 aliphatic rings. The first kappa shape index (κ1) is 19.8. The summed E-state index contributed by atoms with van der Waals surface area (Å²) in [6.07, 6.45) is 0.671. The van der Waals surface area contributed by atoms with E-state index in [1.807, 2.05) is 68.4 Å². The summed E-state index contributed by atoms with van der Waals surface area (Å²) < 4.78 is 11.7. The number of hydrogen-bond donors (Lipinski definition) is 1. The molecule has 28 heavy (non-hydrogen) atoms. The van der Waals surface area contributed by atoms with Crippen LogP contribution in [0.4, 0.5) is 0 Å². The summed E-state index contributed by atoms with van der Waals surface area (Å²) in [5, 5.41) is 3.21. The molecule has 0 aliphatic heterocycles. The van der Waals surface area contributed by atoms with Gasteiger partial charge in [-0.1, -0.05) is 30.3 Å². The standard InChI is InChI=1S/C23H26N2O3/c1-16(26)15-24-17(2)20-10-7-11-21(14-20)27-13-12-22-18(3)28-23(25-22)19-8-5-4-6-9-19/h4-11,14,17,24H,12-13,15H2,1-3H3. The van der Waals surface area contributed by atoms with Crippen LogP contribution in [0, 0.1) is 6.92 Å². The second kappa shape index (κ2) is 9.33. The van der Waals surface area contributed by atoms with E-state index < -0.39 is 0 Å². The Morgan fingerprint density at radius 1 is 1.18 bits per heavy atom. The maximum Gasteiger partial charge on any atom is 0.226 e. The highest BCUT2D eigenvalue weighted by Crippen LogP contribution is 2.22. The van der Waals surface area contributed by atoms with Gasteiger partial charge in [0.05, 0.1) is 18.8 Å². The maximum absolute atomic E-state index is 11.1. The summed E-state index contributed by atoms with van der Waals surface area (Å²) in [7, 11) is 0. The second-order valence-electron chi connectivity index (χ2n) is 6.86. The van der Waals surface area contributed by atoms with Crippen LogP contribution in [0.15, 0.2) is 59.0 Å². The number of oxazole rings is 1. The molecule has 5 heteroatoms. The van der Waals surface area contributed by atoms with E-state index in [0.29, 0.717) is 25.5 Å². The molecule has 3 aromatic rings. The van der Waals surface area contributed by atoms with Crippen molar-refractivity contribution in [2.45, 2.75) is 33.2 Å². The fraction of sp³-hybridized carbons (Fsp3) is 0.304. The van der Waals surface area contributed by atoms with E-state index >= 15 is 0 Å². The van der Waals surface area contributed by atoms with Gasteiger partial charge in [0, 0.05) is 18.0 Å². The Morgan fingerprint density at radius 3 is 2.71 bits per heavy atom. The summed E-state index contributed by atoms with van der Waals surface area (Å²) in [5.74, 6) is 2.38. The lowest BCUT2D eigenvalue weighted by molar-refractivity contribution is -0.116. The minimum atomic E-state index is 0.0821. The molecule has 146 valence electrons. The third-order valence-corrected chi connectivity index (χ3v) is 4.54. The largest absolute Gasteiger partial charge is 0.493 e. The molecule has 5 nitrogen and oxygen atoms in total.